The highest BCUT2D eigenvalue weighted by molar-refractivity contribution is 9.11. The van der Waals surface area contributed by atoms with Crippen molar-refractivity contribution in [2.75, 3.05) is 0 Å². The third kappa shape index (κ3) is 2.27. The lowest BCUT2D eigenvalue weighted by Gasteiger charge is -2.06. The number of carbonyl (C=O) groups is 1. The molecular formula is C7H3Br2F2NO2. The summed E-state index contributed by atoms with van der Waals surface area (Å²) in [6, 6.07) is 0.985. The van der Waals surface area contributed by atoms with Gasteiger partial charge in [-0.2, -0.15) is 0 Å². The molecule has 0 unspecified atom stereocenters. The zero-order valence-electron chi connectivity index (χ0n) is 6.47. The van der Waals surface area contributed by atoms with Gasteiger partial charge in [0.15, 0.2) is 0 Å². The maximum atomic E-state index is 12.4. The number of aromatic carboxylic acids is 1. The van der Waals surface area contributed by atoms with Crippen LogP contribution >= 0.6 is 31.9 Å². The third-order valence-electron chi connectivity index (χ3n) is 1.42. The van der Waals surface area contributed by atoms with Crippen molar-refractivity contribution in [3.63, 3.8) is 0 Å². The van der Waals surface area contributed by atoms with Gasteiger partial charge in [-0.25, -0.2) is 18.6 Å². The highest BCUT2D eigenvalue weighted by Gasteiger charge is 2.22. The molecule has 1 N–H and O–H groups in total. The molecule has 0 saturated heterocycles. The number of pyridine rings is 1. The minimum absolute atomic E-state index is 0.116. The zero-order chi connectivity index (χ0) is 10.9. The summed E-state index contributed by atoms with van der Waals surface area (Å²) in [6.45, 7) is 0. The van der Waals surface area contributed by atoms with E-state index in [1.54, 1.807) is 0 Å². The first-order chi connectivity index (χ1) is 6.43. The van der Waals surface area contributed by atoms with E-state index in [1.807, 2.05) is 0 Å². The topological polar surface area (TPSA) is 50.2 Å². The molecule has 0 aliphatic heterocycles. The molecule has 7 heteroatoms. The summed E-state index contributed by atoms with van der Waals surface area (Å²) < 4.78 is 24.9. The van der Waals surface area contributed by atoms with Crippen molar-refractivity contribution in [2.24, 2.45) is 0 Å². The van der Waals surface area contributed by atoms with Crippen molar-refractivity contribution in [3.05, 3.63) is 26.4 Å². The van der Waals surface area contributed by atoms with Gasteiger partial charge in [0, 0.05) is 5.56 Å². The van der Waals surface area contributed by atoms with Crippen molar-refractivity contribution in [1.29, 1.82) is 0 Å². The van der Waals surface area contributed by atoms with Crippen LogP contribution < -0.4 is 0 Å². The Morgan fingerprint density at radius 2 is 2.07 bits per heavy atom. The maximum absolute atomic E-state index is 12.4. The summed E-state index contributed by atoms with van der Waals surface area (Å²) in [4.78, 5) is 14.3. The Labute approximate surface area is 94.4 Å². The van der Waals surface area contributed by atoms with Gasteiger partial charge in [0.1, 0.15) is 14.8 Å². The second-order valence-corrected chi connectivity index (χ2v) is 3.87. The summed E-state index contributed by atoms with van der Waals surface area (Å²) in [5.41, 5.74) is -1.07. The summed E-state index contributed by atoms with van der Waals surface area (Å²) in [5.74, 6) is -1.44. The van der Waals surface area contributed by atoms with Gasteiger partial charge < -0.3 is 5.11 Å². The second-order valence-electron chi connectivity index (χ2n) is 2.31. The first-order valence-corrected chi connectivity index (χ1v) is 4.89. The molecular weight excluding hydrogens is 328 g/mol. The maximum Gasteiger partial charge on any atom is 0.338 e. The largest absolute Gasteiger partial charge is 0.478 e. The monoisotopic (exact) mass is 329 g/mol. The number of aromatic nitrogens is 1. The molecule has 1 rings (SSSR count). The van der Waals surface area contributed by atoms with E-state index in [1.165, 1.54) is 0 Å². The van der Waals surface area contributed by atoms with Crippen LogP contribution in [-0.4, -0.2) is 16.1 Å². The molecule has 1 aromatic heterocycles. The van der Waals surface area contributed by atoms with E-state index in [9.17, 15) is 13.6 Å². The molecule has 0 bridgehead atoms. The molecule has 0 fully saturated rings. The lowest BCUT2D eigenvalue weighted by Crippen LogP contribution is -2.06. The molecule has 0 atom stereocenters. The van der Waals surface area contributed by atoms with Gasteiger partial charge in [-0.15, -0.1) is 0 Å². The van der Waals surface area contributed by atoms with Crippen LogP contribution in [0.3, 0.4) is 0 Å². The van der Waals surface area contributed by atoms with Crippen molar-refractivity contribution in [3.8, 4) is 0 Å². The molecule has 0 radical (unpaired) electrons. The van der Waals surface area contributed by atoms with Gasteiger partial charge >= 0.3 is 5.97 Å². The van der Waals surface area contributed by atoms with Crippen molar-refractivity contribution < 1.29 is 18.7 Å². The molecule has 0 amide bonds. The third-order valence-corrected chi connectivity index (χ3v) is 2.40. The first kappa shape index (κ1) is 11.5. The van der Waals surface area contributed by atoms with Gasteiger partial charge in [0.2, 0.25) is 0 Å². The smallest absolute Gasteiger partial charge is 0.338 e. The van der Waals surface area contributed by atoms with Crippen molar-refractivity contribution >= 4 is 37.8 Å². The van der Waals surface area contributed by atoms with Gasteiger partial charge in [-0.05, 0) is 37.9 Å². The normalized spacial score (nSPS) is 10.6. The highest BCUT2D eigenvalue weighted by Crippen LogP contribution is 2.29. The molecule has 0 aromatic carbocycles. The predicted octanol–water partition coefficient (Wildman–Crippen LogP) is 3.24. The predicted molar refractivity (Wildman–Crippen MR) is 51.6 cm³/mol. The van der Waals surface area contributed by atoms with E-state index in [0.717, 1.165) is 6.07 Å². The number of carboxylic acid groups (broad SMARTS) is 1. The SMILES string of the molecule is O=C(O)c1c(C(F)F)cc(Br)nc1Br. The lowest BCUT2D eigenvalue weighted by atomic mass is 10.1. The quantitative estimate of drug-likeness (QED) is 0.847. The molecule has 14 heavy (non-hydrogen) atoms. The molecule has 1 aromatic rings. The molecule has 0 aliphatic rings. The number of alkyl halides is 2. The standard InChI is InChI=1S/C7H3Br2F2NO2/c8-3-1-2(6(10)11)4(7(13)14)5(9)12-3/h1,6H,(H,13,14). The number of hydrogen-bond acceptors (Lipinski definition) is 2. The van der Waals surface area contributed by atoms with Crippen LogP contribution in [-0.2, 0) is 0 Å². The van der Waals surface area contributed by atoms with Gasteiger partial charge in [0.25, 0.3) is 6.43 Å². The summed E-state index contributed by atoms with van der Waals surface area (Å²) in [7, 11) is 0. The lowest BCUT2D eigenvalue weighted by molar-refractivity contribution is 0.0682. The van der Waals surface area contributed by atoms with E-state index in [0.29, 0.717) is 0 Å². The van der Waals surface area contributed by atoms with Crippen molar-refractivity contribution in [2.45, 2.75) is 6.43 Å². The summed E-state index contributed by atoms with van der Waals surface area (Å²) in [5, 5.41) is 8.67. The van der Waals surface area contributed by atoms with E-state index < -0.39 is 23.5 Å². The van der Waals surface area contributed by atoms with E-state index >= 15 is 0 Å². The number of hydrogen-bond donors (Lipinski definition) is 1. The summed E-state index contributed by atoms with van der Waals surface area (Å²) >= 11 is 5.71. The van der Waals surface area contributed by atoms with Crippen LogP contribution in [0.5, 0.6) is 0 Å². The van der Waals surface area contributed by atoms with Crippen LogP contribution in [0.4, 0.5) is 8.78 Å². The Bertz CT molecular complexity index is 384. The molecule has 3 nitrogen and oxygen atoms in total. The summed E-state index contributed by atoms with van der Waals surface area (Å²) in [6.07, 6.45) is -2.85. The zero-order valence-corrected chi connectivity index (χ0v) is 9.64. The number of carboxylic acids is 1. The van der Waals surface area contributed by atoms with E-state index in [2.05, 4.69) is 36.8 Å². The Hall–Kier alpha value is -0.560. The van der Waals surface area contributed by atoms with Gasteiger partial charge in [0.05, 0.1) is 0 Å². The van der Waals surface area contributed by atoms with Crippen molar-refractivity contribution in [1.82, 2.24) is 4.98 Å². The van der Waals surface area contributed by atoms with Gasteiger partial charge in [-0.3, -0.25) is 0 Å². The second kappa shape index (κ2) is 4.31. The molecule has 0 saturated carbocycles. The first-order valence-electron chi connectivity index (χ1n) is 3.31. The molecule has 76 valence electrons. The highest BCUT2D eigenvalue weighted by atomic mass is 79.9. The Morgan fingerprint density at radius 3 is 2.50 bits per heavy atom. The molecule has 1 heterocycles. The number of halogens is 4. The Balaban J connectivity index is 3.44. The average Bonchev–Trinajstić information content (AvgIpc) is 2.01. The average molecular weight is 331 g/mol. The number of rotatable bonds is 2. The van der Waals surface area contributed by atoms with Crippen LogP contribution in [0.1, 0.15) is 22.3 Å². The van der Waals surface area contributed by atoms with Crippen LogP contribution in [0.25, 0.3) is 0 Å². The molecule has 0 aliphatic carbocycles. The van der Waals surface area contributed by atoms with Crippen LogP contribution in [0, 0.1) is 0 Å². The number of nitrogens with zero attached hydrogens (tertiary/aromatic N) is 1. The fourth-order valence-corrected chi connectivity index (χ4v) is 2.14. The van der Waals surface area contributed by atoms with E-state index in [4.69, 9.17) is 5.11 Å². The molecule has 0 spiro atoms. The Kier molecular flexibility index (Phi) is 3.54. The fraction of sp³-hybridized carbons (Fsp3) is 0.143. The van der Waals surface area contributed by atoms with E-state index in [-0.39, 0.29) is 9.21 Å². The fourth-order valence-electron chi connectivity index (χ4n) is 0.885. The van der Waals surface area contributed by atoms with Crippen LogP contribution in [0.2, 0.25) is 0 Å². The Morgan fingerprint density at radius 1 is 1.50 bits per heavy atom. The van der Waals surface area contributed by atoms with Gasteiger partial charge in [-0.1, -0.05) is 0 Å². The minimum atomic E-state index is -2.85. The van der Waals surface area contributed by atoms with Crippen LogP contribution in [0.15, 0.2) is 15.3 Å². The minimum Gasteiger partial charge on any atom is -0.478 e.